The molecule has 1 amide bonds. The number of nitrogens with one attached hydrogen (secondary N) is 1. The Hall–Kier alpha value is -1.31. The lowest BCUT2D eigenvalue weighted by atomic mass is 9.54. The molecule has 1 saturated heterocycles. The molecule has 0 radical (unpaired) electrons. The third-order valence-electron chi connectivity index (χ3n) is 7.36. The second-order valence-electron chi connectivity index (χ2n) is 9.27. The average Bonchev–Trinajstić information content (AvgIpc) is 2.66. The quantitative estimate of drug-likeness (QED) is 0.787. The minimum atomic E-state index is -3.72. The van der Waals surface area contributed by atoms with Crippen LogP contribution in [0.1, 0.15) is 38.5 Å². The van der Waals surface area contributed by atoms with Crippen molar-refractivity contribution in [2.45, 2.75) is 44.6 Å². The lowest BCUT2D eigenvalue weighted by Gasteiger charge is -2.54. The van der Waals surface area contributed by atoms with E-state index in [1.54, 1.807) is 24.3 Å². The molecule has 8 heteroatoms. The Labute approximate surface area is 177 Å². The predicted octanol–water partition coefficient (Wildman–Crippen LogP) is 3.04. The number of halogens is 1. The van der Waals surface area contributed by atoms with E-state index in [1.807, 2.05) is 0 Å². The van der Waals surface area contributed by atoms with Crippen LogP contribution in [0.2, 0.25) is 5.02 Å². The van der Waals surface area contributed by atoms with E-state index in [-0.39, 0.29) is 18.5 Å². The zero-order valence-electron chi connectivity index (χ0n) is 16.5. The number of rotatable bonds is 4. The minimum absolute atomic E-state index is 0.102. The number of benzene rings is 1. The first-order valence-electron chi connectivity index (χ1n) is 10.7. The first kappa shape index (κ1) is 19.6. The van der Waals surface area contributed by atoms with Crippen LogP contribution in [-0.2, 0) is 15.0 Å². The summed E-state index contributed by atoms with van der Waals surface area (Å²) >= 11 is 5.93. The van der Waals surface area contributed by atoms with Crippen molar-refractivity contribution in [1.82, 2.24) is 9.62 Å². The van der Waals surface area contributed by atoms with E-state index in [0.717, 1.165) is 11.8 Å². The van der Waals surface area contributed by atoms with E-state index in [2.05, 4.69) is 5.32 Å². The van der Waals surface area contributed by atoms with Crippen LogP contribution in [-0.4, -0.2) is 44.3 Å². The van der Waals surface area contributed by atoms with E-state index in [1.165, 1.54) is 40.7 Å². The molecule has 1 aromatic carbocycles. The first-order chi connectivity index (χ1) is 13.9. The van der Waals surface area contributed by atoms with Gasteiger partial charge >= 0.3 is 10.2 Å². The second-order valence-corrected chi connectivity index (χ2v) is 11.6. The SMILES string of the molecule is O=C(CN1CCCN(c2ccc(Cl)cc2)S1(=O)=O)NC1C2CC3CC(C2)CC1C3. The van der Waals surface area contributed by atoms with Gasteiger partial charge in [-0.15, -0.1) is 0 Å². The number of anilines is 1. The third-order valence-corrected chi connectivity index (χ3v) is 9.53. The minimum Gasteiger partial charge on any atom is -0.352 e. The largest absolute Gasteiger partial charge is 0.352 e. The summed E-state index contributed by atoms with van der Waals surface area (Å²) in [6.07, 6.45) is 6.97. The highest BCUT2D eigenvalue weighted by molar-refractivity contribution is 7.90. The smallest absolute Gasteiger partial charge is 0.304 e. The van der Waals surface area contributed by atoms with Gasteiger partial charge in [0.1, 0.15) is 0 Å². The fraction of sp³-hybridized carbons (Fsp3) is 0.667. The summed E-state index contributed by atoms with van der Waals surface area (Å²) in [6.45, 7) is 0.689. The lowest BCUT2D eigenvalue weighted by Crippen LogP contribution is -2.58. The zero-order chi connectivity index (χ0) is 20.2. The molecule has 0 unspecified atom stereocenters. The Bertz CT molecular complexity index is 861. The maximum absolute atomic E-state index is 13.1. The molecule has 0 atom stereocenters. The highest BCUT2D eigenvalue weighted by Gasteiger charge is 2.48. The van der Waals surface area contributed by atoms with Gasteiger partial charge in [-0.25, -0.2) is 0 Å². The van der Waals surface area contributed by atoms with Crippen LogP contribution in [0.25, 0.3) is 0 Å². The monoisotopic (exact) mass is 437 g/mol. The molecule has 4 aliphatic carbocycles. The second kappa shape index (κ2) is 7.43. The van der Waals surface area contributed by atoms with Crippen molar-refractivity contribution in [2.75, 3.05) is 23.9 Å². The van der Waals surface area contributed by atoms with E-state index < -0.39 is 10.2 Å². The molecule has 29 heavy (non-hydrogen) atoms. The van der Waals surface area contributed by atoms with Crippen molar-refractivity contribution in [1.29, 1.82) is 0 Å². The Morgan fingerprint density at radius 1 is 1.00 bits per heavy atom. The molecule has 5 aliphatic rings. The molecule has 6 nitrogen and oxygen atoms in total. The highest BCUT2D eigenvalue weighted by Crippen LogP contribution is 2.53. The molecule has 5 fully saturated rings. The van der Waals surface area contributed by atoms with Gasteiger partial charge in [0, 0.05) is 24.2 Å². The molecule has 1 aromatic rings. The van der Waals surface area contributed by atoms with Gasteiger partial charge in [-0.2, -0.15) is 12.7 Å². The summed E-state index contributed by atoms with van der Waals surface area (Å²) in [5.74, 6) is 2.70. The standard InChI is InChI=1S/C21H28ClN3O3S/c22-18-2-4-19(5-3-18)25-7-1-6-24(29(25,27)28)13-20(26)23-21-16-9-14-8-15(11-16)12-17(21)10-14/h2-5,14-17,21H,1,6-13H2,(H,23,26). The fourth-order valence-corrected chi connectivity index (χ4v) is 8.14. The van der Waals surface area contributed by atoms with E-state index in [9.17, 15) is 13.2 Å². The molecule has 0 spiro atoms. The summed E-state index contributed by atoms with van der Waals surface area (Å²) in [5.41, 5.74) is 0.584. The number of amides is 1. The maximum atomic E-state index is 13.1. The van der Waals surface area contributed by atoms with Gasteiger partial charge in [0.25, 0.3) is 0 Å². The molecule has 0 aromatic heterocycles. The Balaban J connectivity index is 1.26. The Morgan fingerprint density at radius 3 is 2.24 bits per heavy atom. The van der Waals surface area contributed by atoms with Gasteiger partial charge in [-0.1, -0.05) is 11.6 Å². The van der Waals surface area contributed by atoms with Crippen LogP contribution in [0.15, 0.2) is 24.3 Å². The van der Waals surface area contributed by atoms with Gasteiger partial charge in [-0.05, 0) is 86.5 Å². The maximum Gasteiger partial charge on any atom is 0.304 e. The third kappa shape index (κ3) is 3.66. The summed E-state index contributed by atoms with van der Waals surface area (Å²) < 4.78 is 28.9. The Kier molecular flexibility index (Phi) is 5.03. The first-order valence-corrected chi connectivity index (χ1v) is 12.5. The van der Waals surface area contributed by atoms with Crippen LogP contribution < -0.4 is 9.62 Å². The topological polar surface area (TPSA) is 69.7 Å². The number of hydrogen-bond donors (Lipinski definition) is 1. The number of nitrogens with zero attached hydrogens (tertiary/aromatic N) is 2. The van der Waals surface area contributed by atoms with Gasteiger partial charge in [0.05, 0.1) is 12.2 Å². The predicted molar refractivity (Wildman–Crippen MR) is 113 cm³/mol. The van der Waals surface area contributed by atoms with Crippen LogP contribution >= 0.6 is 11.6 Å². The normalized spacial score (nSPS) is 35.6. The van der Waals surface area contributed by atoms with E-state index >= 15 is 0 Å². The Morgan fingerprint density at radius 2 is 1.62 bits per heavy atom. The van der Waals surface area contributed by atoms with Gasteiger partial charge in [-0.3, -0.25) is 9.10 Å². The van der Waals surface area contributed by atoms with Crippen LogP contribution in [0.4, 0.5) is 5.69 Å². The summed E-state index contributed by atoms with van der Waals surface area (Å²) in [7, 11) is -3.72. The van der Waals surface area contributed by atoms with Crippen molar-refractivity contribution in [3.05, 3.63) is 29.3 Å². The summed E-state index contributed by atoms with van der Waals surface area (Å²) in [4.78, 5) is 12.8. The van der Waals surface area contributed by atoms with Crippen LogP contribution in [0, 0.1) is 23.7 Å². The van der Waals surface area contributed by atoms with E-state index in [0.29, 0.717) is 42.1 Å². The molecule has 1 N–H and O–H groups in total. The van der Waals surface area contributed by atoms with Gasteiger partial charge < -0.3 is 5.32 Å². The molecule has 6 rings (SSSR count). The number of carbonyl (C=O) groups is 1. The van der Waals surface area contributed by atoms with Gasteiger partial charge in [0.2, 0.25) is 5.91 Å². The van der Waals surface area contributed by atoms with Crippen molar-refractivity contribution in [3.63, 3.8) is 0 Å². The van der Waals surface area contributed by atoms with Crippen molar-refractivity contribution in [3.8, 4) is 0 Å². The molecule has 4 bridgehead atoms. The molecule has 4 saturated carbocycles. The van der Waals surface area contributed by atoms with E-state index in [4.69, 9.17) is 11.6 Å². The zero-order valence-corrected chi connectivity index (χ0v) is 18.0. The molecule has 1 aliphatic heterocycles. The lowest BCUT2D eigenvalue weighted by molar-refractivity contribution is -0.125. The molecular formula is C21H28ClN3O3S. The van der Waals surface area contributed by atoms with Crippen molar-refractivity contribution in [2.24, 2.45) is 23.7 Å². The van der Waals surface area contributed by atoms with Crippen molar-refractivity contribution < 1.29 is 13.2 Å². The molecule has 158 valence electrons. The van der Waals surface area contributed by atoms with Crippen LogP contribution in [0.3, 0.4) is 0 Å². The molecule has 1 heterocycles. The number of hydrogen-bond acceptors (Lipinski definition) is 3. The summed E-state index contributed by atoms with van der Waals surface area (Å²) in [6, 6.07) is 7.01. The van der Waals surface area contributed by atoms with Gasteiger partial charge in [0.15, 0.2) is 0 Å². The number of carbonyl (C=O) groups excluding carboxylic acids is 1. The fourth-order valence-electron chi connectivity index (χ4n) is 6.34. The van der Waals surface area contributed by atoms with Crippen molar-refractivity contribution >= 4 is 33.4 Å². The highest BCUT2D eigenvalue weighted by atomic mass is 35.5. The van der Waals surface area contributed by atoms with Crippen LogP contribution in [0.5, 0.6) is 0 Å². The molecular weight excluding hydrogens is 410 g/mol. The summed E-state index contributed by atoms with van der Waals surface area (Å²) in [5, 5.41) is 3.79. The average molecular weight is 438 g/mol.